The summed E-state index contributed by atoms with van der Waals surface area (Å²) in [5, 5.41) is 10.1. The van der Waals surface area contributed by atoms with Gasteiger partial charge in [0.25, 0.3) is 5.91 Å². The van der Waals surface area contributed by atoms with Crippen molar-refractivity contribution in [1.29, 1.82) is 0 Å². The van der Waals surface area contributed by atoms with Gasteiger partial charge >= 0.3 is 5.97 Å². The number of rotatable bonds is 7. The third kappa shape index (κ3) is 4.70. The van der Waals surface area contributed by atoms with Crippen molar-refractivity contribution in [3.8, 4) is 23.0 Å². The summed E-state index contributed by atoms with van der Waals surface area (Å²) in [6.07, 6.45) is 0.210. The molecule has 1 amide bonds. The van der Waals surface area contributed by atoms with Crippen LogP contribution in [0.5, 0.6) is 11.5 Å². The molecule has 0 spiro atoms. The van der Waals surface area contributed by atoms with E-state index in [1.54, 1.807) is 42.5 Å². The fourth-order valence-corrected chi connectivity index (χ4v) is 2.49. The Morgan fingerprint density at radius 2 is 1.76 bits per heavy atom. The maximum Gasteiger partial charge on any atom is 0.338 e. The van der Waals surface area contributed by atoms with Gasteiger partial charge in [0.15, 0.2) is 17.6 Å². The Balaban J connectivity index is 1.61. The molecule has 1 aromatic heterocycles. The van der Waals surface area contributed by atoms with Crippen LogP contribution in [-0.4, -0.2) is 42.4 Å². The van der Waals surface area contributed by atoms with Crippen molar-refractivity contribution in [3.05, 3.63) is 54.4 Å². The average Bonchev–Trinajstić information content (AvgIpc) is 3.28. The number of carbonyl (C=O) groups excluding carboxylic acids is 2. The minimum absolute atomic E-state index is 0.291. The third-order valence-electron chi connectivity index (χ3n) is 4.03. The fraction of sp³-hybridized carbons (Fsp3) is 0.200. The lowest BCUT2D eigenvalue weighted by atomic mass is 10.1. The summed E-state index contributed by atoms with van der Waals surface area (Å²) in [4.78, 5) is 24.7. The highest BCUT2D eigenvalue weighted by molar-refractivity contribution is 5.97. The first-order chi connectivity index (χ1) is 14.0. The minimum Gasteiger partial charge on any atom is -0.493 e. The summed E-state index contributed by atoms with van der Waals surface area (Å²) >= 11 is 0. The fourth-order valence-electron chi connectivity index (χ4n) is 2.49. The van der Waals surface area contributed by atoms with Crippen LogP contribution in [0.3, 0.4) is 0 Å². The second-order valence-corrected chi connectivity index (χ2v) is 5.93. The van der Waals surface area contributed by atoms with Crippen LogP contribution in [0.4, 0.5) is 5.69 Å². The zero-order valence-corrected chi connectivity index (χ0v) is 16.0. The van der Waals surface area contributed by atoms with Gasteiger partial charge < -0.3 is 23.9 Å². The topological polar surface area (TPSA) is 113 Å². The summed E-state index contributed by atoms with van der Waals surface area (Å²) in [7, 11) is 3.02. The number of aromatic nitrogens is 2. The highest BCUT2D eigenvalue weighted by atomic mass is 16.5. The van der Waals surface area contributed by atoms with E-state index in [4.69, 9.17) is 18.6 Å². The molecule has 0 radical (unpaired) electrons. The predicted molar refractivity (Wildman–Crippen MR) is 103 cm³/mol. The van der Waals surface area contributed by atoms with Crippen molar-refractivity contribution < 1.29 is 28.2 Å². The molecule has 0 aliphatic carbocycles. The maximum atomic E-state index is 12.4. The quantitative estimate of drug-likeness (QED) is 0.606. The maximum absolute atomic E-state index is 12.4. The largest absolute Gasteiger partial charge is 0.493 e. The van der Waals surface area contributed by atoms with Crippen LogP contribution < -0.4 is 14.8 Å². The lowest BCUT2D eigenvalue weighted by molar-refractivity contribution is -0.123. The first kappa shape index (κ1) is 19.9. The van der Waals surface area contributed by atoms with Crippen LogP contribution in [0, 0.1) is 0 Å². The van der Waals surface area contributed by atoms with Crippen molar-refractivity contribution in [1.82, 2.24) is 10.2 Å². The zero-order chi connectivity index (χ0) is 20.8. The van der Waals surface area contributed by atoms with E-state index in [2.05, 4.69) is 15.5 Å². The summed E-state index contributed by atoms with van der Waals surface area (Å²) in [5.74, 6) is 0.239. The second kappa shape index (κ2) is 8.87. The van der Waals surface area contributed by atoms with Gasteiger partial charge in [-0.1, -0.05) is 0 Å². The lowest BCUT2D eigenvalue weighted by Gasteiger charge is -2.15. The molecule has 2 aromatic carbocycles. The molecule has 3 rings (SSSR count). The highest BCUT2D eigenvalue weighted by Crippen LogP contribution is 2.29. The molecule has 0 saturated carbocycles. The Morgan fingerprint density at radius 1 is 1.03 bits per heavy atom. The number of methoxy groups -OCH3 is 2. The first-order valence-corrected chi connectivity index (χ1v) is 8.62. The number of esters is 1. The standard InChI is InChI=1S/C20H19N3O6/c1-12(18(24)22-15-8-9-16(26-2)17(10-15)27-3)29-20(25)14-6-4-13(5-7-14)19-23-21-11-28-19/h4-12H,1-3H3,(H,22,24)/t12-/m0/s1. The lowest BCUT2D eigenvalue weighted by Crippen LogP contribution is -2.30. The molecular weight excluding hydrogens is 378 g/mol. The number of ether oxygens (including phenoxy) is 3. The van der Waals surface area contributed by atoms with Crippen LogP contribution in [0.1, 0.15) is 17.3 Å². The van der Waals surface area contributed by atoms with E-state index in [0.29, 0.717) is 34.2 Å². The van der Waals surface area contributed by atoms with Gasteiger partial charge in [-0.15, -0.1) is 10.2 Å². The van der Waals surface area contributed by atoms with Crippen molar-refractivity contribution in [3.63, 3.8) is 0 Å². The molecule has 0 saturated heterocycles. The number of anilines is 1. The Bertz CT molecular complexity index is 986. The van der Waals surface area contributed by atoms with E-state index in [-0.39, 0.29) is 0 Å². The summed E-state index contributed by atoms with van der Waals surface area (Å²) in [6, 6.07) is 11.3. The minimum atomic E-state index is -1.01. The van der Waals surface area contributed by atoms with Gasteiger partial charge in [-0.2, -0.15) is 0 Å². The molecule has 0 aliphatic rings. The smallest absolute Gasteiger partial charge is 0.338 e. The number of amides is 1. The van der Waals surface area contributed by atoms with E-state index in [0.717, 1.165) is 0 Å². The van der Waals surface area contributed by atoms with Gasteiger partial charge in [0.2, 0.25) is 12.3 Å². The Morgan fingerprint density at radius 3 is 2.38 bits per heavy atom. The summed E-state index contributed by atoms with van der Waals surface area (Å²) < 4.78 is 20.7. The van der Waals surface area contributed by atoms with Gasteiger partial charge in [-0.3, -0.25) is 4.79 Å². The second-order valence-electron chi connectivity index (χ2n) is 5.93. The molecule has 0 fully saturated rings. The Labute approximate surface area is 166 Å². The Hall–Kier alpha value is -3.88. The van der Waals surface area contributed by atoms with Crippen LogP contribution in [0.15, 0.2) is 53.3 Å². The number of benzene rings is 2. The van der Waals surface area contributed by atoms with E-state index in [1.165, 1.54) is 27.5 Å². The van der Waals surface area contributed by atoms with Gasteiger partial charge in [0.1, 0.15) is 0 Å². The van der Waals surface area contributed by atoms with Gasteiger partial charge in [0, 0.05) is 17.3 Å². The highest BCUT2D eigenvalue weighted by Gasteiger charge is 2.20. The van der Waals surface area contributed by atoms with Gasteiger partial charge in [-0.25, -0.2) is 4.79 Å². The van der Waals surface area contributed by atoms with E-state index in [1.807, 2.05) is 0 Å². The average molecular weight is 397 g/mol. The summed E-state index contributed by atoms with van der Waals surface area (Å²) in [5.41, 5.74) is 1.44. The van der Waals surface area contributed by atoms with Crippen LogP contribution in [0.2, 0.25) is 0 Å². The molecule has 29 heavy (non-hydrogen) atoms. The predicted octanol–water partition coefficient (Wildman–Crippen LogP) is 2.94. The molecule has 1 atom stereocenters. The van der Waals surface area contributed by atoms with Crippen molar-refractivity contribution in [2.75, 3.05) is 19.5 Å². The van der Waals surface area contributed by atoms with E-state index < -0.39 is 18.0 Å². The Kier molecular flexibility index (Phi) is 6.08. The molecule has 0 bridgehead atoms. The molecule has 0 unspecified atom stereocenters. The van der Waals surface area contributed by atoms with Crippen LogP contribution in [0.25, 0.3) is 11.5 Å². The van der Waals surface area contributed by atoms with Crippen molar-refractivity contribution >= 4 is 17.6 Å². The molecule has 9 heteroatoms. The summed E-state index contributed by atoms with van der Waals surface area (Å²) in [6.45, 7) is 1.49. The number of hydrogen-bond acceptors (Lipinski definition) is 8. The molecule has 3 aromatic rings. The molecule has 0 aliphatic heterocycles. The molecule has 9 nitrogen and oxygen atoms in total. The number of hydrogen-bond donors (Lipinski definition) is 1. The number of nitrogens with one attached hydrogen (secondary N) is 1. The zero-order valence-electron chi connectivity index (χ0n) is 16.0. The third-order valence-corrected chi connectivity index (χ3v) is 4.03. The molecular formula is C20H19N3O6. The molecule has 1 N–H and O–H groups in total. The van der Waals surface area contributed by atoms with Crippen molar-refractivity contribution in [2.45, 2.75) is 13.0 Å². The van der Waals surface area contributed by atoms with E-state index in [9.17, 15) is 9.59 Å². The normalized spacial score (nSPS) is 11.4. The number of nitrogens with zero attached hydrogens (tertiary/aromatic N) is 2. The molecule has 1 heterocycles. The monoisotopic (exact) mass is 397 g/mol. The first-order valence-electron chi connectivity index (χ1n) is 8.62. The van der Waals surface area contributed by atoms with Gasteiger partial charge in [0.05, 0.1) is 19.8 Å². The van der Waals surface area contributed by atoms with Gasteiger partial charge in [-0.05, 0) is 43.3 Å². The van der Waals surface area contributed by atoms with Crippen LogP contribution in [-0.2, 0) is 9.53 Å². The van der Waals surface area contributed by atoms with Crippen LogP contribution >= 0.6 is 0 Å². The number of carbonyl (C=O) groups is 2. The SMILES string of the molecule is COc1ccc(NC(=O)[C@H](C)OC(=O)c2ccc(-c3nnco3)cc2)cc1OC. The molecule has 150 valence electrons. The van der Waals surface area contributed by atoms with Crippen molar-refractivity contribution in [2.24, 2.45) is 0 Å². The van der Waals surface area contributed by atoms with E-state index >= 15 is 0 Å².